The number of furan rings is 1. The third-order valence-corrected chi connectivity index (χ3v) is 11.1. The van der Waals surface area contributed by atoms with Gasteiger partial charge in [0.15, 0.2) is 0 Å². The van der Waals surface area contributed by atoms with Crippen molar-refractivity contribution in [2.45, 2.75) is 0 Å². The zero-order valence-corrected chi connectivity index (χ0v) is 28.9. The molecule has 0 fully saturated rings. The van der Waals surface area contributed by atoms with E-state index in [1.165, 1.54) is 87.6 Å². The highest BCUT2D eigenvalue weighted by Gasteiger charge is 2.21. The highest BCUT2D eigenvalue weighted by Crippen LogP contribution is 2.48. The Balaban J connectivity index is 1.20. The summed E-state index contributed by atoms with van der Waals surface area (Å²) in [7, 11) is 0. The molecule has 11 aromatic rings. The zero-order chi connectivity index (χ0) is 34.9. The first-order chi connectivity index (χ1) is 26.3. The lowest BCUT2D eigenvalue weighted by Gasteiger charge is -2.19. The standard InChI is InChI=1S/C52H32O/c1-3-13-33(14-4-1)36-26-25-35-27-29-39-38(46(35)31-36)21-11-22-40(39)50-41-17-7-9-19-43(41)51(44-20-10-8-18-42(44)50)45-23-12-24-49-52(45)47-32-37(28-30-48(47)53-49)34-15-5-2-6-16-34/h1-32H. The summed E-state index contributed by atoms with van der Waals surface area (Å²) in [5.41, 5.74) is 11.6. The number of hydrogen-bond donors (Lipinski definition) is 0. The van der Waals surface area contributed by atoms with Crippen LogP contribution in [0.5, 0.6) is 0 Å². The molecule has 0 spiro atoms. The van der Waals surface area contributed by atoms with Crippen LogP contribution < -0.4 is 0 Å². The molecule has 0 aliphatic rings. The largest absolute Gasteiger partial charge is 0.456 e. The van der Waals surface area contributed by atoms with E-state index in [0.29, 0.717) is 0 Å². The van der Waals surface area contributed by atoms with Crippen molar-refractivity contribution in [3.8, 4) is 44.5 Å². The lowest BCUT2D eigenvalue weighted by atomic mass is 9.83. The van der Waals surface area contributed by atoms with Gasteiger partial charge in [0.05, 0.1) is 0 Å². The van der Waals surface area contributed by atoms with Crippen molar-refractivity contribution in [2.24, 2.45) is 0 Å². The molecule has 0 radical (unpaired) electrons. The molecule has 1 heterocycles. The van der Waals surface area contributed by atoms with Gasteiger partial charge in [0.1, 0.15) is 11.2 Å². The smallest absolute Gasteiger partial charge is 0.136 e. The minimum atomic E-state index is 0.899. The van der Waals surface area contributed by atoms with Crippen molar-refractivity contribution in [1.82, 2.24) is 0 Å². The van der Waals surface area contributed by atoms with Crippen LogP contribution >= 0.6 is 0 Å². The minimum absolute atomic E-state index is 0.899. The third kappa shape index (κ3) is 4.64. The van der Waals surface area contributed by atoms with Gasteiger partial charge in [0, 0.05) is 10.8 Å². The maximum atomic E-state index is 6.54. The summed E-state index contributed by atoms with van der Waals surface area (Å²) in [5, 5.41) is 12.2. The highest BCUT2D eigenvalue weighted by molar-refractivity contribution is 6.27. The van der Waals surface area contributed by atoms with E-state index in [0.717, 1.165) is 21.9 Å². The maximum Gasteiger partial charge on any atom is 0.136 e. The molecule has 0 bridgehead atoms. The average Bonchev–Trinajstić information content (AvgIpc) is 3.61. The third-order valence-electron chi connectivity index (χ3n) is 11.1. The molecule has 0 saturated carbocycles. The van der Waals surface area contributed by atoms with Crippen LogP contribution in [0.15, 0.2) is 199 Å². The van der Waals surface area contributed by atoms with Gasteiger partial charge in [0.2, 0.25) is 0 Å². The Labute approximate surface area is 307 Å². The fourth-order valence-electron chi connectivity index (χ4n) is 8.67. The normalized spacial score (nSPS) is 11.8. The average molecular weight is 673 g/mol. The van der Waals surface area contributed by atoms with E-state index >= 15 is 0 Å². The molecule has 0 N–H and O–H groups in total. The summed E-state index contributed by atoms with van der Waals surface area (Å²) in [6.07, 6.45) is 0. The summed E-state index contributed by atoms with van der Waals surface area (Å²) in [5.74, 6) is 0. The van der Waals surface area contributed by atoms with Crippen molar-refractivity contribution in [3.63, 3.8) is 0 Å². The van der Waals surface area contributed by atoms with Crippen LogP contribution in [-0.4, -0.2) is 0 Å². The van der Waals surface area contributed by atoms with Crippen LogP contribution in [0.25, 0.3) is 110 Å². The lowest BCUT2D eigenvalue weighted by molar-refractivity contribution is 0.669. The van der Waals surface area contributed by atoms with E-state index in [9.17, 15) is 0 Å². The van der Waals surface area contributed by atoms with Gasteiger partial charge in [-0.05, 0) is 112 Å². The van der Waals surface area contributed by atoms with Crippen molar-refractivity contribution in [1.29, 1.82) is 0 Å². The molecular formula is C52H32O. The van der Waals surface area contributed by atoms with E-state index in [1.54, 1.807) is 0 Å². The summed E-state index contributed by atoms with van der Waals surface area (Å²) < 4.78 is 6.54. The quantitative estimate of drug-likeness (QED) is 0.134. The molecule has 1 heteroatoms. The van der Waals surface area contributed by atoms with Gasteiger partial charge in [0.25, 0.3) is 0 Å². The van der Waals surface area contributed by atoms with Crippen LogP contribution in [0.2, 0.25) is 0 Å². The molecule has 0 aliphatic carbocycles. The van der Waals surface area contributed by atoms with Crippen molar-refractivity contribution in [3.05, 3.63) is 194 Å². The lowest BCUT2D eigenvalue weighted by Crippen LogP contribution is -1.92. The Morgan fingerprint density at radius 1 is 0.264 bits per heavy atom. The molecule has 11 rings (SSSR count). The van der Waals surface area contributed by atoms with Crippen molar-refractivity contribution < 1.29 is 4.42 Å². The second-order valence-electron chi connectivity index (χ2n) is 14.0. The summed E-state index contributed by atoms with van der Waals surface area (Å²) >= 11 is 0. The van der Waals surface area contributed by atoms with Crippen LogP contribution in [0.4, 0.5) is 0 Å². The van der Waals surface area contributed by atoms with E-state index in [1.807, 2.05) is 0 Å². The first-order valence-corrected chi connectivity index (χ1v) is 18.3. The molecule has 1 aromatic heterocycles. The van der Waals surface area contributed by atoms with Crippen LogP contribution in [0.3, 0.4) is 0 Å². The molecule has 0 atom stereocenters. The van der Waals surface area contributed by atoms with Gasteiger partial charge < -0.3 is 4.42 Å². The first kappa shape index (κ1) is 29.7. The minimum Gasteiger partial charge on any atom is -0.456 e. The van der Waals surface area contributed by atoms with Gasteiger partial charge in [-0.2, -0.15) is 0 Å². The number of fused-ring (bicyclic) bond motifs is 8. The van der Waals surface area contributed by atoms with Gasteiger partial charge in [-0.25, -0.2) is 0 Å². The Kier molecular flexibility index (Phi) is 6.62. The summed E-state index contributed by atoms with van der Waals surface area (Å²) in [4.78, 5) is 0. The molecule has 0 aliphatic heterocycles. The second kappa shape index (κ2) is 11.8. The van der Waals surface area contributed by atoms with Gasteiger partial charge in [-0.3, -0.25) is 0 Å². The molecular weight excluding hydrogens is 641 g/mol. The molecule has 10 aromatic carbocycles. The molecule has 0 amide bonds. The number of hydrogen-bond acceptors (Lipinski definition) is 1. The Morgan fingerprint density at radius 2 is 0.774 bits per heavy atom. The fraction of sp³-hybridized carbons (Fsp3) is 0. The van der Waals surface area contributed by atoms with Gasteiger partial charge in [-0.1, -0.05) is 170 Å². The monoisotopic (exact) mass is 672 g/mol. The van der Waals surface area contributed by atoms with Crippen molar-refractivity contribution >= 4 is 65.0 Å². The number of benzene rings is 10. The van der Waals surface area contributed by atoms with Gasteiger partial charge in [-0.15, -0.1) is 0 Å². The molecule has 246 valence electrons. The molecule has 0 unspecified atom stereocenters. The van der Waals surface area contributed by atoms with Gasteiger partial charge >= 0.3 is 0 Å². The van der Waals surface area contributed by atoms with E-state index < -0.39 is 0 Å². The molecule has 1 nitrogen and oxygen atoms in total. The van der Waals surface area contributed by atoms with Crippen LogP contribution in [-0.2, 0) is 0 Å². The van der Waals surface area contributed by atoms with Crippen LogP contribution in [0, 0.1) is 0 Å². The Morgan fingerprint density at radius 3 is 1.43 bits per heavy atom. The summed E-state index contributed by atoms with van der Waals surface area (Å²) in [6, 6.07) is 70.5. The highest BCUT2D eigenvalue weighted by atomic mass is 16.3. The zero-order valence-electron chi connectivity index (χ0n) is 28.9. The molecule has 0 saturated heterocycles. The summed E-state index contributed by atoms with van der Waals surface area (Å²) in [6.45, 7) is 0. The SMILES string of the molecule is c1ccc(-c2ccc3ccc4c(-c5c6ccccc6c(-c6cccc7oc8ccc(-c9ccccc9)cc8c67)c6ccccc56)cccc4c3c2)cc1. The molecule has 53 heavy (non-hydrogen) atoms. The second-order valence-corrected chi connectivity index (χ2v) is 14.0. The fourth-order valence-corrected chi connectivity index (χ4v) is 8.67. The predicted molar refractivity (Wildman–Crippen MR) is 225 cm³/mol. The maximum absolute atomic E-state index is 6.54. The Hall–Kier alpha value is -6.96. The topological polar surface area (TPSA) is 13.1 Å². The van der Waals surface area contributed by atoms with Crippen molar-refractivity contribution in [2.75, 3.05) is 0 Å². The number of rotatable bonds is 4. The predicted octanol–water partition coefficient (Wildman–Crippen LogP) is 14.9. The van der Waals surface area contributed by atoms with Crippen LogP contribution in [0.1, 0.15) is 0 Å². The Bertz CT molecular complexity index is 3150. The van der Waals surface area contributed by atoms with E-state index in [-0.39, 0.29) is 0 Å². The van der Waals surface area contributed by atoms with E-state index in [2.05, 4.69) is 194 Å². The first-order valence-electron chi connectivity index (χ1n) is 18.3. The van der Waals surface area contributed by atoms with E-state index in [4.69, 9.17) is 4.42 Å².